The normalized spacial score (nSPS) is 11.9. The molecule has 2 nitrogen and oxygen atoms in total. The Hall–Kier alpha value is -0.170. The molecular formula is C9H18N2S. The molecule has 0 rings (SSSR count). The van der Waals surface area contributed by atoms with Crippen molar-refractivity contribution in [1.82, 2.24) is 5.32 Å². The van der Waals surface area contributed by atoms with E-state index in [1.54, 1.807) is 0 Å². The van der Waals surface area contributed by atoms with Gasteiger partial charge in [0.15, 0.2) is 0 Å². The molecule has 0 heterocycles. The molecule has 0 fully saturated rings. The summed E-state index contributed by atoms with van der Waals surface area (Å²) in [5, 5.41) is 3.29. The molecule has 0 aromatic carbocycles. The van der Waals surface area contributed by atoms with Gasteiger partial charge in [-0.1, -0.05) is 5.92 Å². The molecule has 70 valence electrons. The van der Waals surface area contributed by atoms with Gasteiger partial charge in [0.2, 0.25) is 0 Å². The average molecular weight is 186 g/mol. The lowest BCUT2D eigenvalue weighted by molar-refractivity contribution is 0.541. The van der Waals surface area contributed by atoms with Gasteiger partial charge in [-0.05, 0) is 25.4 Å². The fraction of sp³-hybridized carbons (Fsp3) is 0.778. The highest BCUT2D eigenvalue weighted by Crippen LogP contribution is 1.98. The van der Waals surface area contributed by atoms with Crippen molar-refractivity contribution >= 4 is 11.8 Å². The molecule has 0 amide bonds. The van der Waals surface area contributed by atoms with Crippen LogP contribution in [-0.4, -0.2) is 31.1 Å². The van der Waals surface area contributed by atoms with Crippen LogP contribution >= 0.6 is 11.8 Å². The summed E-state index contributed by atoms with van der Waals surface area (Å²) in [7, 11) is 0. The van der Waals surface area contributed by atoms with Gasteiger partial charge in [-0.25, -0.2) is 0 Å². The van der Waals surface area contributed by atoms with Crippen LogP contribution in [0.4, 0.5) is 0 Å². The monoisotopic (exact) mass is 186 g/mol. The van der Waals surface area contributed by atoms with Gasteiger partial charge >= 0.3 is 0 Å². The molecule has 0 saturated carbocycles. The van der Waals surface area contributed by atoms with Crippen molar-refractivity contribution in [2.45, 2.75) is 19.4 Å². The van der Waals surface area contributed by atoms with Gasteiger partial charge in [0.25, 0.3) is 0 Å². The Balaban J connectivity index is 3.43. The first-order valence-electron chi connectivity index (χ1n) is 4.17. The molecule has 0 aliphatic rings. The first-order valence-corrected chi connectivity index (χ1v) is 5.56. The van der Waals surface area contributed by atoms with E-state index in [9.17, 15) is 0 Å². The lowest BCUT2D eigenvalue weighted by Crippen LogP contribution is -2.36. The van der Waals surface area contributed by atoms with E-state index in [-0.39, 0.29) is 0 Å². The van der Waals surface area contributed by atoms with E-state index in [1.165, 1.54) is 0 Å². The maximum absolute atomic E-state index is 5.58. The Kier molecular flexibility index (Phi) is 8.80. The zero-order chi connectivity index (χ0) is 9.23. The van der Waals surface area contributed by atoms with Gasteiger partial charge in [0.05, 0.1) is 6.54 Å². The van der Waals surface area contributed by atoms with Crippen LogP contribution in [0.5, 0.6) is 0 Å². The molecule has 0 aromatic rings. The predicted octanol–water partition coefficient (Wildman–Crippen LogP) is 0.680. The number of thioether (sulfide) groups is 1. The lowest BCUT2D eigenvalue weighted by Gasteiger charge is -2.13. The molecule has 0 aromatic heterocycles. The van der Waals surface area contributed by atoms with E-state index in [0.717, 1.165) is 18.7 Å². The summed E-state index contributed by atoms with van der Waals surface area (Å²) in [4.78, 5) is 0. The first kappa shape index (κ1) is 11.8. The topological polar surface area (TPSA) is 38.0 Å². The summed E-state index contributed by atoms with van der Waals surface area (Å²) in [5.74, 6) is 6.97. The summed E-state index contributed by atoms with van der Waals surface area (Å²) in [6, 6.07) is 0.429. The summed E-state index contributed by atoms with van der Waals surface area (Å²) < 4.78 is 0. The van der Waals surface area contributed by atoms with Crippen LogP contribution in [-0.2, 0) is 0 Å². The van der Waals surface area contributed by atoms with Crippen molar-refractivity contribution in [3.63, 3.8) is 0 Å². The van der Waals surface area contributed by atoms with Crippen LogP contribution in [0.25, 0.3) is 0 Å². The number of nitrogens with one attached hydrogen (secondary N) is 1. The minimum absolute atomic E-state index is 0.429. The summed E-state index contributed by atoms with van der Waals surface area (Å²) in [6.45, 7) is 3.31. The Morgan fingerprint density at radius 2 is 2.33 bits per heavy atom. The summed E-state index contributed by atoms with van der Waals surface area (Å²) in [6.07, 6.45) is 3.24. The van der Waals surface area contributed by atoms with Crippen molar-refractivity contribution in [2.24, 2.45) is 5.73 Å². The van der Waals surface area contributed by atoms with Crippen LogP contribution < -0.4 is 11.1 Å². The molecule has 3 heteroatoms. The van der Waals surface area contributed by atoms with Crippen LogP contribution in [0, 0.1) is 11.8 Å². The zero-order valence-corrected chi connectivity index (χ0v) is 8.71. The van der Waals surface area contributed by atoms with E-state index < -0.39 is 0 Å². The number of hydrogen-bond donors (Lipinski definition) is 2. The largest absolute Gasteiger partial charge is 0.329 e. The third-order valence-electron chi connectivity index (χ3n) is 1.61. The third-order valence-corrected chi connectivity index (χ3v) is 2.25. The molecule has 3 N–H and O–H groups in total. The van der Waals surface area contributed by atoms with Crippen LogP contribution in [0.15, 0.2) is 0 Å². The van der Waals surface area contributed by atoms with E-state index in [0.29, 0.717) is 12.6 Å². The minimum Gasteiger partial charge on any atom is -0.329 e. The standard InChI is InChI=1S/C9H18N2S/c1-3-4-6-11-9(8-10)5-7-12-2/h9,11H,5-8,10H2,1-2H3. The van der Waals surface area contributed by atoms with E-state index in [2.05, 4.69) is 23.4 Å². The molecule has 12 heavy (non-hydrogen) atoms. The molecule has 1 unspecified atom stereocenters. The quantitative estimate of drug-likeness (QED) is 0.599. The predicted molar refractivity (Wildman–Crippen MR) is 57.3 cm³/mol. The van der Waals surface area contributed by atoms with Crippen molar-refractivity contribution in [1.29, 1.82) is 0 Å². The highest BCUT2D eigenvalue weighted by Gasteiger charge is 2.02. The summed E-state index contributed by atoms with van der Waals surface area (Å²) >= 11 is 1.85. The molecule has 0 spiro atoms. The fourth-order valence-corrected chi connectivity index (χ4v) is 1.37. The van der Waals surface area contributed by atoms with Crippen molar-refractivity contribution in [3.8, 4) is 11.8 Å². The second kappa shape index (κ2) is 8.92. The Morgan fingerprint density at radius 3 is 2.83 bits per heavy atom. The number of rotatable bonds is 6. The fourth-order valence-electron chi connectivity index (χ4n) is 0.847. The lowest BCUT2D eigenvalue weighted by atomic mass is 10.2. The van der Waals surface area contributed by atoms with Crippen LogP contribution in [0.3, 0.4) is 0 Å². The van der Waals surface area contributed by atoms with Gasteiger partial charge < -0.3 is 11.1 Å². The number of hydrogen-bond acceptors (Lipinski definition) is 3. The Bertz CT molecular complexity index is 148. The van der Waals surface area contributed by atoms with Gasteiger partial charge in [0, 0.05) is 12.6 Å². The SMILES string of the molecule is CC#CCNC(CN)CCSC. The van der Waals surface area contributed by atoms with E-state index >= 15 is 0 Å². The van der Waals surface area contributed by atoms with Gasteiger partial charge in [-0.15, -0.1) is 5.92 Å². The molecule has 0 radical (unpaired) electrons. The Morgan fingerprint density at radius 1 is 1.58 bits per heavy atom. The van der Waals surface area contributed by atoms with Gasteiger partial charge in [-0.2, -0.15) is 11.8 Å². The molecule has 1 atom stereocenters. The first-order chi connectivity index (χ1) is 5.85. The van der Waals surface area contributed by atoms with E-state index in [4.69, 9.17) is 5.73 Å². The molecular weight excluding hydrogens is 168 g/mol. The van der Waals surface area contributed by atoms with Gasteiger partial charge in [0.1, 0.15) is 0 Å². The second-order valence-corrected chi connectivity index (χ2v) is 3.51. The Labute approximate surface area is 79.7 Å². The second-order valence-electron chi connectivity index (χ2n) is 2.52. The highest BCUT2D eigenvalue weighted by atomic mass is 32.2. The van der Waals surface area contributed by atoms with E-state index in [1.807, 2.05) is 18.7 Å². The average Bonchev–Trinajstić information content (AvgIpc) is 2.11. The van der Waals surface area contributed by atoms with Crippen LogP contribution in [0.2, 0.25) is 0 Å². The number of nitrogens with two attached hydrogens (primary N) is 1. The maximum Gasteiger partial charge on any atom is 0.0578 e. The smallest absolute Gasteiger partial charge is 0.0578 e. The molecule has 0 aliphatic carbocycles. The molecule has 0 bridgehead atoms. The van der Waals surface area contributed by atoms with Gasteiger partial charge in [-0.3, -0.25) is 0 Å². The summed E-state index contributed by atoms with van der Waals surface area (Å²) in [5.41, 5.74) is 5.58. The molecule has 0 aliphatic heterocycles. The van der Waals surface area contributed by atoms with Crippen molar-refractivity contribution < 1.29 is 0 Å². The van der Waals surface area contributed by atoms with Crippen molar-refractivity contribution in [3.05, 3.63) is 0 Å². The van der Waals surface area contributed by atoms with Crippen molar-refractivity contribution in [2.75, 3.05) is 25.1 Å². The highest BCUT2D eigenvalue weighted by molar-refractivity contribution is 7.98. The third kappa shape index (κ3) is 6.53. The molecule has 0 saturated heterocycles. The zero-order valence-electron chi connectivity index (χ0n) is 7.89. The minimum atomic E-state index is 0.429. The maximum atomic E-state index is 5.58. The van der Waals surface area contributed by atoms with Crippen LogP contribution in [0.1, 0.15) is 13.3 Å².